The maximum Gasteiger partial charge on any atom is 0.312 e. The number of nitrogens with zero attached hydrogens (tertiary/aromatic N) is 1. The lowest BCUT2D eigenvalue weighted by Gasteiger charge is -2.04. The molecule has 0 bridgehead atoms. The minimum Gasteiger partial charge on any atom is -0.481 e. The molecule has 0 fully saturated rings. The molecule has 2 aromatic rings. The monoisotopic (exact) mass is 267 g/mol. The maximum absolute atomic E-state index is 11.1. The van der Waals surface area contributed by atoms with Crippen LogP contribution in [0.25, 0.3) is 9.88 Å². The minimum absolute atomic E-state index is 0.486. The zero-order chi connectivity index (χ0) is 12.4. The number of carboxylic acids is 1. The molecular weight excluding hydrogens is 254 g/mol. The van der Waals surface area contributed by atoms with E-state index in [1.54, 1.807) is 11.3 Å². The van der Waals surface area contributed by atoms with Gasteiger partial charge in [-0.05, 0) is 30.4 Å². The average molecular weight is 267 g/mol. The molecule has 0 aliphatic heterocycles. The predicted molar refractivity (Wildman–Crippen MR) is 70.8 cm³/mol. The Balaban J connectivity index is 2.33. The van der Waals surface area contributed by atoms with Gasteiger partial charge in [-0.15, -0.1) is 22.7 Å². The highest BCUT2D eigenvalue weighted by molar-refractivity contribution is 7.20. The Morgan fingerprint density at radius 3 is 2.82 bits per heavy atom. The molecule has 2 rings (SSSR count). The van der Waals surface area contributed by atoms with Gasteiger partial charge in [-0.1, -0.05) is 6.92 Å². The Hall–Kier alpha value is -1.20. The zero-order valence-electron chi connectivity index (χ0n) is 9.64. The molecule has 90 valence electrons. The van der Waals surface area contributed by atoms with Crippen molar-refractivity contribution in [3.8, 4) is 9.88 Å². The number of thiophene rings is 1. The van der Waals surface area contributed by atoms with E-state index in [1.165, 1.54) is 16.9 Å². The van der Waals surface area contributed by atoms with Crippen LogP contribution in [0.2, 0.25) is 0 Å². The van der Waals surface area contributed by atoms with Crippen molar-refractivity contribution in [2.45, 2.75) is 26.2 Å². The van der Waals surface area contributed by atoms with Gasteiger partial charge in [0.25, 0.3) is 0 Å². The van der Waals surface area contributed by atoms with Gasteiger partial charge in [-0.25, -0.2) is 4.98 Å². The molecule has 2 aromatic heterocycles. The number of hydrogen-bond acceptors (Lipinski definition) is 4. The second-order valence-corrected chi connectivity index (χ2v) is 5.58. The highest BCUT2D eigenvalue weighted by atomic mass is 32.1. The van der Waals surface area contributed by atoms with Crippen LogP contribution in [-0.2, 0) is 4.79 Å². The van der Waals surface area contributed by atoms with E-state index in [1.807, 2.05) is 24.6 Å². The van der Waals surface area contributed by atoms with Gasteiger partial charge in [0.2, 0.25) is 0 Å². The molecule has 1 N–H and O–H groups in total. The summed E-state index contributed by atoms with van der Waals surface area (Å²) in [5.41, 5.74) is 1.87. The number of hydrogen-bond donors (Lipinski definition) is 1. The van der Waals surface area contributed by atoms with Crippen LogP contribution < -0.4 is 0 Å². The molecule has 2 heterocycles. The molecule has 5 heteroatoms. The van der Waals surface area contributed by atoms with Gasteiger partial charge in [0.15, 0.2) is 0 Å². The molecular formula is C12H13NO2S2. The summed E-state index contributed by atoms with van der Waals surface area (Å²) >= 11 is 3.16. The molecule has 0 amide bonds. The predicted octanol–water partition coefficient (Wildman–Crippen LogP) is 3.76. The molecule has 0 aliphatic carbocycles. The quantitative estimate of drug-likeness (QED) is 0.917. The van der Waals surface area contributed by atoms with Gasteiger partial charge in [-0.3, -0.25) is 4.79 Å². The lowest BCUT2D eigenvalue weighted by molar-refractivity contribution is -0.138. The number of aliphatic carboxylic acids is 1. The first-order valence-electron chi connectivity index (χ1n) is 5.36. The molecule has 1 unspecified atom stereocenters. The summed E-state index contributed by atoms with van der Waals surface area (Å²) in [6.07, 6.45) is 0.571. The number of aryl methyl sites for hydroxylation is 1. The number of rotatable bonds is 4. The van der Waals surface area contributed by atoms with Crippen molar-refractivity contribution in [3.63, 3.8) is 0 Å². The van der Waals surface area contributed by atoms with Gasteiger partial charge in [0.05, 0.1) is 16.5 Å². The summed E-state index contributed by atoms with van der Waals surface area (Å²) in [7, 11) is 0. The van der Waals surface area contributed by atoms with Crippen molar-refractivity contribution < 1.29 is 9.90 Å². The number of aromatic nitrogens is 1. The Kier molecular flexibility index (Phi) is 3.59. The zero-order valence-corrected chi connectivity index (χ0v) is 11.3. The van der Waals surface area contributed by atoms with Gasteiger partial charge in [-0.2, -0.15) is 0 Å². The van der Waals surface area contributed by atoms with E-state index in [-0.39, 0.29) is 0 Å². The van der Waals surface area contributed by atoms with E-state index in [2.05, 4.69) is 11.1 Å². The van der Waals surface area contributed by atoms with Crippen LogP contribution in [0.3, 0.4) is 0 Å². The summed E-state index contributed by atoms with van der Waals surface area (Å²) in [5, 5.41) is 13.9. The Morgan fingerprint density at radius 2 is 2.29 bits per heavy atom. The molecule has 0 saturated heterocycles. The normalized spacial score (nSPS) is 12.6. The highest BCUT2D eigenvalue weighted by Crippen LogP contribution is 2.33. The molecule has 0 radical (unpaired) electrons. The average Bonchev–Trinajstić information content (AvgIpc) is 2.87. The first-order valence-corrected chi connectivity index (χ1v) is 7.12. The first kappa shape index (κ1) is 12.3. The van der Waals surface area contributed by atoms with Crippen LogP contribution in [0.1, 0.15) is 30.5 Å². The van der Waals surface area contributed by atoms with Gasteiger partial charge < -0.3 is 5.11 Å². The summed E-state index contributed by atoms with van der Waals surface area (Å²) in [6, 6.07) is 2.05. The fourth-order valence-electron chi connectivity index (χ4n) is 1.65. The van der Waals surface area contributed by atoms with Gasteiger partial charge in [0.1, 0.15) is 5.01 Å². The second kappa shape index (κ2) is 4.98. The van der Waals surface area contributed by atoms with E-state index in [0.717, 1.165) is 9.88 Å². The van der Waals surface area contributed by atoms with Crippen molar-refractivity contribution >= 4 is 28.6 Å². The number of carbonyl (C=O) groups is 1. The molecule has 3 nitrogen and oxygen atoms in total. The fraction of sp³-hybridized carbons (Fsp3) is 0.333. The Labute approximate surface area is 108 Å². The van der Waals surface area contributed by atoms with Gasteiger partial charge in [0, 0.05) is 5.38 Å². The Morgan fingerprint density at radius 1 is 1.53 bits per heavy atom. The summed E-state index contributed by atoms with van der Waals surface area (Å²) < 4.78 is 0. The molecule has 0 aliphatic rings. The first-order chi connectivity index (χ1) is 8.13. The van der Waals surface area contributed by atoms with Crippen molar-refractivity contribution in [3.05, 3.63) is 28.1 Å². The third-order valence-electron chi connectivity index (χ3n) is 2.64. The smallest absolute Gasteiger partial charge is 0.312 e. The van der Waals surface area contributed by atoms with Gasteiger partial charge >= 0.3 is 5.97 Å². The highest BCUT2D eigenvalue weighted by Gasteiger charge is 2.21. The summed E-state index contributed by atoms with van der Waals surface area (Å²) in [6.45, 7) is 3.91. The molecule has 0 spiro atoms. The number of thiazole rings is 1. The second-order valence-electron chi connectivity index (χ2n) is 3.81. The third kappa shape index (κ3) is 2.40. The van der Waals surface area contributed by atoms with Crippen molar-refractivity contribution in [1.82, 2.24) is 4.98 Å². The van der Waals surface area contributed by atoms with E-state index in [4.69, 9.17) is 5.11 Å². The van der Waals surface area contributed by atoms with Crippen molar-refractivity contribution in [2.75, 3.05) is 0 Å². The van der Waals surface area contributed by atoms with Crippen molar-refractivity contribution in [1.29, 1.82) is 0 Å². The number of carboxylic acid groups (broad SMARTS) is 1. The minimum atomic E-state index is -0.799. The molecule has 0 saturated carbocycles. The Bertz CT molecular complexity index is 530. The van der Waals surface area contributed by atoms with E-state index < -0.39 is 11.9 Å². The van der Waals surface area contributed by atoms with Crippen LogP contribution in [0.4, 0.5) is 0 Å². The fourth-order valence-corrected chi connectivity index (χ4v) is 3.63. The van der Waals surface area contributed by atoms with Crippen molar-refractivity contribution in [2.24, 2.45) is 0 Å². The molecule has 1 atom stereocenters. The van der Waals surface area contributed by atoms with Crippen LogP contribution in [0.15, 0.2) is 16.8 Å². The lowest BCUT2D eigenvalue weighted by atomic mass is 10.0. The lowest BCUT2D eigenvalue weighted by Crippen LogP contribution is -2.10. The largest absolute Gasteiger partial charge is 0.481 e. The standard InChI is InChI=1S/C12H13NO2S2/c1-3-8(12(14)15)9-6-17-11(13-9)10-7(2)4-5-16-10/h4-6,8H,3H2,1-2H3,(H,14,15). The van der Waals surface area contributed by atoms with Crippen LogP contribution in [0, 0.1) is 6.92 Å². The third-order valence-corrected chi connectivity index (χ3v) is 4.67. The molecule has 17 heavy (non-hydrogen) atoms. The summed E-state index contributed by atoms with van der Waals surface area (Å²) in [5.74, 6) is -1.28. The summed E-state index contributed by atoms with van der Waals surface area (Å²) in [4.78, 5) is 16.7. The van der Waals surface area contributed by atoms with E-state index in [0.29, 0.717) is 12.1 Å². The van der Waals surface area contributed by atoms with E-state index in [9.17, 15) is 4.79 Å². The van der Waals surface area contributed by atoms with Crippen LogP contribution >= 0.6 is 22.7 Å². The van der Waals surface area contributed by atoms with Crippen LogP contribution in [-0.4, -0.2) is 16.1 Å². The maximum atomic E-state index is 11.1. The van der Waals surface area contributed by atoms with E-state index >= 15 is 0 Å². The van der Waals surface area contributed by atoms with Crippen LogP contribution in [0.5, 0.6) is 0 Å². The molecule has 0 aromatic carbocycles. The topological polar surface area (TPSA) is 50.2 Å². The SMILES string of the molecule is CCC(C(=O)O)c1csc(-c2sccc2C)n1.